The number of likely N-dealkylation sites (tertiary alicyclic amines) is 1. The molecule has 37 heavy (non-hydrogen) atoms. The Morgan fingerprint density at radius 1 is 1.08 bits per heavy atom. The molecule has 7 nitrogen and oxygen atoms in total. The SMILES string of the molecule is COc1ccc(CCOC2CCCC[C@H]2N2CC[C@@H](OC(=O)CCSSc3ccccn3)C2)cc1OC. The van der Waals surface area contributed by atoms with Gasteiger partial charge in [-0.1, -0.05) is 35.8 Å². The lowest BCUT2D eigenvalue weighted by atomic mass is 9.91. The van der Waals surface area contributed by atoms with E-state index in [4.69, 9.17) is 18.9 Å². The maximum absolute atomic E-state index is 12.4. The van der Waals surface area contributed by atoms with Gasteiger partial charge in [-0.3, -0.25) is 9.69 Å². The van der Waals surface area contributed by atoms with E-state index in [-0.39, 0.29) is 18.2 Å². The molecule has 202 valence electrons. The van der Waals surface area contributed by atoms with E-state index in [1.165, 1.54) is 18.4 Å². The van der Waals surface area contributed by atoms with Crippen LogP contribution in [0.4, 0.5) is 0 Å². The van der Waals surface area contributed by atoms with Gasteiger partial charge in [-0.25, -0.2) is 4.98 Å². The van der Waals surface area contributed by atoms with Crippen LogP contribution in [0.3, 0.4) is 0 Å². The normalized spacial score (nSPS) is 22.1. The first-order valence-corrected chi connectivity index (χ1v) is 15.4. The molecule has 1 aromatic heterocycles. The highest BCUT2D eigenvalue weighted by molar-refractivity contribution is 8.76. The molecule has 9 heteroatoms. The molecule has 1 aliphatic carbocycles. The molecule has 2 fully saturated rings. The van der Waals surface area contributed by atoms with E-state index in [9.17, 15) is 4.79 Å². The third kappa shape index (κ3) is 8.53. The molecule has 0 radical (unpaired) electrons. The second-order valence-corrected chi connectivity index (χ2v) is 11.9. The third-order valence-corrected chi connectivity index (χ3v) is 9.22. The van der Waals surface area contributed by atoms with Gasteiger partial charge < -0.3 is 18.9 Å². The van der Waals surface area contributed by atoms with Gasteiger partial charge in [0, 0.05) is 31.1 Å². The number of hydrogen-bond acceptors (Lipinski definition) is 9. The van der Waals surface area contributed by atoms with Crippen LogP contribution in [-0.4, -0.2) is 73.8 Å². The number of benzene rings is 1. The number of pyridine rings is 1. The van der Waals surface area contributed by atoms with E-state index in [0.29, 0.717) is 19.1 Å². The first-order chi connectivity index (χ1) is 18.2. The highest BCUT2D eigenvalue weighted by Gasteiger charge is 2.36. The number of methoxy groups -OCH3 is 2. The van der Waals surface area contributed by atoms with Crippen molar-refractivity contribution in [3.05, 3.63) is 48.2 Å². The maximum Gasteiger partial charge on any atom is 0.306 e. The van der Waals surface area contributed by atoms with Crippen molar-refractivity contribution in [3.63, 3.8) is 0 Å². The molecular weight excluding hydrogens is 508 g/mol. The van der Waals surface area contributed by atoms with Crippen LogP contribution in [0, 0.1) is 0 Å². The summed E-state index contributed by atoms with van der Waals surface area (Å²) in [5, 5.41) is 0.959. The zero-order chi connectivity index (χ0) is 25.9. The van der Waals surface area contributed by atoms with E-state index in [2.05, 4.69) is 16.0 Å². The van der Waals surface area contributed by atoms with Crippen molar-refractivity contribution < 1.29 is 23.7 Å². The minimum Gasteiger partial charge on any atom is -0.493 e. The molecule has 0 amide bonds. The Bertz CT molecular complexity index is 980. The first kappa shape index (κ1) is 28.1. The van der Waals surface area contributed by atoms with Crippen LogP contribution in [0.5, 0.6) is 11.5 Å². The lowest BCUT2D eigenvalue weighted by Gasteiger charge is -2.37. The Balaban J connectivity index is 1.18. The minimum atomic E-state index is -0.104. The highest BCUT2D eigenvalue weighted by atomic mass is 33.1. The van der Waals surface area contributed by atoms with Gasteiger partial charge in [-0.05, 0) is 66.3 Å². The second-order valence-electron chi connectivity index (χ2n) is 9.42. The Kier molecular flexibility index (Phi) is 11.3. The van der Waals surface area contributed by atoms with Crippen molar-refractivity contribution in [1.82, 2.24) is 9.88 Å². The van der Waals surface area contributed by atoms with E-state index >= 15 is 0 Å². The molecule has 1 aliphatic heterocycles. The van der Waals surface area contributed by atoms with Crippen molar-refractivity contribution >= 4 is 27.6 Å². The third-order valence-electron chi connectivity index (χ3n) is 6.95. The van der Waals surface area contributed by atoms with Crippen molar-refractivity contribution in [2.75, 3.05) is 39.7 Å². The smallest absolute Gasteiger partial charge is 0.306 e. The topological polar surface area (TPSA) is 70.1 Å². The summed E-state index contributed by atoms with van der Waals surface area (Å²) in [4.78, 5) is 19.2. The van der Waals surface area contributed by atoms with Gasteiger partial charge in [0.05, 0.1) is 33.4 Å². The quantitative estimate of drug-likeness (QED) is 0.186. The Hall–Kier alpha value is -1.94. The number of aromatic nitrogens is 1. The van der Waals surface area contributed by atoms with Gasteiger partial charge in [0.15, 0.2) is 11.5 Å². The van der Waals surface area contributed by atoms with Crippen LogP contribution in [0.2, 0.25) is 0 Å². The molecule has 0 spiro atoms. The number of ether oxygens (including phenoxy) is 4. The average molecular weight is 547 g/mol. The lowest BCUT2D eigenvalue weighted by molar-refractivity contribution is -0.148. The van der Waals surface area contributed by atoms with E-state index < -0.39 is 0 Å². The number of hydrogen-bond donors (Lipinski definition) is 0. The molecule has 1 unspecified atom stereocenters. The Morgan fingerprint density at radius 2 is 1.95 bits per heavy atom. The van der Waals surface area contributed by atoms with Gasteiger partial charge in [0.1, 0.15) is 11.1 Å². The fraction of sp³-hybridized carbons (Fsp3) is 0.571. The molecule has 1 saturated carbocycles. The fourth-order valence-electron chi connectivity index (χ4n) is 5.07. The molecule has 2 aliphatic rings. The summed E-state index contributed by atoms with van der Waals surface area (Å²) in [6.45, 7) is 2.45. The first-order valence-electron chi connectivity index (χ1n) is 13.1. The summed E-state index contributed by atoms with van der Waals surface area (Å²) in [6.07, 6.45) is 8.81. The minimum absolute atomic E-state index is 0.0183. The molecule has 0 N–H and O–H groups in total. The van der Waals surface area contributed by atoms with Crippen LogP contribution in [0.25, 0.3) is 0 Å². The standard InChI is InChI=1S/C28H38N2O5S2/c1-32-25-11-10-21(19-26(25)33-2)13-17-34-24-8-4-3-7-23(24)30-16-12-22(20-30)35-28(31)14-18-36-37-27-9-5-6-15-29-27/h5-6,9-11,15,19,22-24H,3-4,7-8,12-14,16-18,20H2,1-2H3/t22-,23-,24?/m1/s1. The van der Waals surface area contributed by atoms with Crippen LogP contribution in [-0.2, 0) is 20.7 Å². The number of nitrogens with zero attached hydrogens (tertiary/aromatic N) is 2. The van der Waals surface area contributed by atoms with Crippen molar-refractivity contribution in [2.24, 2.45) is 0 Å². The Labute approximate surface area is 228 Å². The van der Waals surface area contributed by atoms with Crippen LogP contribution in [0.1, 0.15) is 44.1 Å². The number of esters is 1. The number of carbonyl (C=O) groups excluding carboxylic acids is 1. The zero-order valence-corrected chi connectivity index (χ0v) is 23.4. The van der Waals surface area contributed by atoms with Gasteiger partial charge in [0.2, 0.25) is 0 Å². The van der Waals surface area contributed by atoms with Gasteiger partial charge in [-0.2, -0.15) is 0 Å². The largest absolute Gasteiger partial charge is 0.493 e. The zero-order valence-electron chi connectivity index (χ0n) is 21.8. The molecule has 2 heterocycles. The molecule has 1 saturated heterocycles. The maximum atomic E-state index is 12.4. The molecule has 4 rings (SSSR count). The van der Waals surface area contributed by atoms with Crippen molar-refractivity contribution in [2.45, 2.75) is 68.2 Å². The monoisotopic (exact) mass is 546 g/mol. The second kappa shape index (κ2) is 14.9. The highest BCUT2D eigenvalue weighted by Crippen LogP contribution is 2.32. The van der Waals surface area contributed by atoms with Crippen LogP contribution in [0.15, 0.2) is 47.6 Å². The lowest BCUT2D eigenvalue weighted by Crippen LogP contribution is -2.46. The number of carbonyl (C=O) groups is 1. The average Bonchev–Trinajstić information content (AvgIpc) is 3.40. The number of rotatable bonds is 13. The van der Waals surface area contributed by atoms with Gasteiger partial charge in [0.25, 0.3) is 0 Å². The van der Waals surface area contributed by atoms with Crippen molar-refractivity contribution in [1.29, 1.82) is 0 Å². The van der Waals surface area contributed by atoms with Crippen LogP contribution >= 0.6 is 21.6 Å². The van der Waals surface area contributed by atoms with E-state index in [1.54, 1.807) is 42.0 Å². The molecule has 3 atom stereocenters. The summed E-state index contributed by atoms with van der Waals surface area (Å²) in [7, 11) is 6.55. The fourth-order valence-corrected chi connectivity index (χ4v) is 6.92. The molecular formula is C28H38N2O5S2. The molecule has 2 aromatic rings. The van der Waals surface area contributed by atoms with Gasteiger partial charge >= 0.3 is 5.97 Å². The summed E-state index contributed by atoms with van der Waals surface area (Å²) in [5.74, 6) is 2.10. The summed E-state index contributed by atoms with van der Waals surface area (Å²) >= 11 is 0. The summed E-state index contributed by atoms with van der Waals surface area (Å²) < 4.78 is 23.0. The molecule has 1 aromatic carbocycles. The predicted octanol–water partition coefficient (Wildman–Crippen LogP) is 5.42. The van der Waals surface area contributed by atoms with Crippen LogP contribution < -0.4 is 9.47 Å². The summed E-state index contributed by atoms with van der Waals surface area (Å²) in [6, 6.07) is 12.3. The van der Waals surface area contributed by atoms with Gasteiger partial charge in [-0.15, -0.1) is 0 Å². The molecule has 0 bridgehead atoms. The van der Waals surface area contributed by atoms with E-state index in [0.717, 1.165) is 61.1 Å². The van der Waals surface area contributed by atoms with Crippen molar-refractivity contribution in [3.8, 4) is 11.5 Å². The summed E-state index contributed by atoms with van der Waals surface area (Å²) in [5.41, 5.74) is 1.18. The van der Waals surface area contributed by atoms with E-state index in [1.807, 2.05) is 30.3 Å². The predicted molar refractivity (Wildman–Crippen MR) is 148 cm³/mol. The Morgan fingerprint density at radius 3 is 2.76 bits per heavy atom.